The van der Waals surface area contributed by atoms with Crippen molar-refractivity contribution >= 4 is 5.57 Å². The third-order valence-electron chi connectivity index (χ3n) is 2.92. The van der Waals surface area contributed by atoms with Crippen LogP contribution in [0.15, 0.2) is 42.1 Å². The normalized spacial score (nSPS) is 19.5. The molecule has 1 unspecified atom stereocenters. The Balaban J connectivity index is 2.30. The first kappa shape index (κ1) is 14.5. The standard InChI is InChI=1S/C14H14F3NO2/c1-9-6-11(8-18(2)13(9)19)10-4-3-5-12(7-10)20-14(15,16)17/h3-8,13,19H,1-2H3. The second-order valence-electron chi connectivity index (χ2n) is 4.59. The molecule has 20 heavy (non-hydrogen) atoms. The number of likely N-dealkylation sites (N-methyl/N-ethyl adjacent to an activating group) is 1. The molecule has 1 aromatic carbocycles. The van der Waals surface area contributed by atoms with Crippen molar-refractivity contribution < 1.29 is 23.0 Å². The van der Waals surface area contributed by atoms with E-state index in [0.29, 0.717) is 16.7 Å². The van der Waals surface area contributed by atoms with Crippen LogP contribution in [0.4, 0.5) is 13.2 Å². The highest BCUT2D eigenvalue weighted by Crippen LogP contribution is 2.29. The second kappa shape index (κ2) is 5.20. The minimum Gasteiger partial charge on any atom is -0.406 e. The molecule has 0 aliphatic carbocycles. The molecule has 0 amide bonds. The minimum absolute atomic E-state index is 0.268. The van der Waals surface area contributed by atoms with Gasteiger partial charge in [0, 0.05) is 13.2 Å². The van der Waals surface area contributed by atoms with Crippen molar-refractivity contribution in [2.75, 3.05) is 7.05 Å². The van der Waals surface area contributed by atoms with Crippen LogP contribution in [0.1, 0.15) is 12.5 Å². The molecule has 3 nitrogen and oxygen atoms in total. The van der Waals surface area contributed by atoms with E-state index in [1.807, 2.05) is 0 Å². The highest BCUT2D eigenvalue weighted by Gasteiger charge is 2.31. The first-order valence-electron chi connectivity index (χ1n) is 5.92. The lowest BCUT2D eigenvalue weighted by Gasteiger charge is -2.28. The molecule has 0 spiro atoms. The number of alkyl halides is 3. The number of halogens is 3. The van der Waals surface area contributed by atoms with E-state index in [1.54, 1.807) is 37.2 Å². The molecule has 1 aromatic rings. The topological polar surface area (TPSA) is 32.7 Å². The molecule has 1 heterocycles. The second-order valence-corrected chi connectivity index (χ2v) is 4.59. The quantitative estimate of drug-likeness (QED) is 0.906. The third kappa shape index (κ3) is 3.33. The fourth-order valence-corrected chi connectivity index (χ4v) is 2.00. The van der Waals surface area contributed by atoms with Gasteiger partial charge in [-0.05, 0) is 41.8 Å². The van der Waals surface area contributed by atoms with Gasteiger partial charge in [-0.1, -0.05) is 12.1 Å². The van der Waals surface area contributed by atoms with E-state index >= 15 is 0 Å². The molecule has 0 radical (unpaired) electrons. The lowest BCUT2D eigenvalue weighted by molar-refractivity contribution is -0.274. The van der Waals surface area contributed by atoms with E-state index in [4.69, 9.17) is 0 Å². The van der Waals surface area contributed by atoms with Crippen LogP contribution in [0.5, 0.6) is 5.75 Å². The lowest BCUT2D eigenvalue weighted by Crippen LogP contribution is -2.30. The molecule has 0 fully saturated rings. The monoisotopic (exact) mass is 285 g/mol. The van der Waals surface area contributed by atoms with E-state index in [9.17, 15) is 18.3 Å². The Morgan fingerprint density at radius 1 is 1.30 bits per heavy atom. The Morgan fingerprint density at radius 2 is 2.00 bits per heavy atom. The van der Waals surface area contributed by atoms with Crippen LogP contribution in [-0.2, 0) is 0 Å². The molecular weight excluding hydrogens is 271 g/mol. The zero-order valence-corrected chi connectivity index (χ0v) is 11.0. The van der Waals surface area contributed by atoms with Gasteiger partial charge in [0.2, 0.25) is 0 Å². The van der Waals surface area contributed by atoms with E-state index in [-0.39, 0.29) is 5.75 Å². The Bertz CT molecular complexity index is 564. The Hall–Kier alpha value is -1.95. The summed E-state index contributed by atoms with van der Waals surface area (Å²) in [7, 11) is 1.69. The number of ether oxygens (including phenoxy) is 1. The van der Waals surface area contributed by atoms with Gasteiger partial charge in [0.1, 0.15) is 12.0 Å². The molecule has 1 N–H and O–H groups in total. The maximum atomic E-state index is 12.2. The molecule has 0 saturated carbocycles. The summed E-state index contributed by atoms with van der Waals surface area (Å²) in [5.74, 6) is -0.268. The Kier molecular flexibility index (Phi) is 3.76. The van der Waals surface area contributed by atoms with Crippen LogP contribution in [0.2, 0.25) is 0 Å². The molecule has 1 atom stereocenters. The lowest BCUT2D eigenvalue weighted by atomic mass is 10.0. The summed E-state index contributed by atoms with van der Waals surface area (Å²) in [6, 6.07) is 5.74. The minimum atomic E-state index is -4.71. The molecule has 0 aromatic heterocycles. The zero-order valence-electron chi connectivity index (χ0n) is 11.0. The summed E-state index contributed by atoms with van der Waals surface area (Å²) in [6.45, 7) is 1.75. The number of aliphatic hydroxyl groups is 1. The maximum absolute atomic E-state index is 12.2. The number of aliphatic hydroxyl groups excluding tert-OH is 1. The van der Waals surface area contributed by atoms with Gasteiger partial charge in [0.05, 0.1) is 0 Å². The Morgan fingerprint density at radius 3 is 2.60 bits per heavy atom. The van der Waals surface area contributed by atoms with Crippen molar-refractivity contribution in [1.82, 2.24) is 4.90 Å². The van der Waals surface area contributed by atoms with E-state index in [0.717, 1.165) is 0 Å². The van der Waals surface area contributed by atoms with Crippen LogP contribution < -0.4 is 4.74 Å². The van der Waals surface area contributed by atoms with Gasteiger partial charge >= 0.3 is 6.36 Å². The van der Waals surface area contributed by atoms with Gasteiger partial charge in [0.25, 0.3) is 0 Å². The van der Waals surface area contributed by atoms with Crippen LogP contribution >= 0.6 is 0 Å². The molecule has 108 valence electrons. The number of rotatable bonds is 2. The van der Waals surface area contributed by atoms with Crippen LogP contribution in [0.3, 0.4) is 0 Å². The molecule has 0 bridgehead atoms. The summed E-state index contributed by atoms with van der Waals surface area (Å²) >= 11 is 0. The van der Waals surface area contributed by atoms with Gasteiger partial charge in [-0.3, -0.25) is 0 Å². The van der Waals surface area contributed by atoms with Crippen molar-refractivity contribution in [3.63, 3.8) is 0 Å². The SMILES string of the molecule is CC1=CC(c2cccc(OC(F)(F)F)c2)=CN(C)C1O. The highest BCUT2D eigenvalue weighted by atomic mass is 19.4. The van der Waals surface area contributed by atoms with Crippen LogP contribution in [0, 0.1) is 0 Å². The molecule has 0 saturated heterocycles. The van der Waals surface area contributed by atoms with Crippen molar-refractivity contribution in [1.29, 1.82) is 0 Å². The summed E-state index contributed by atoms with van der Waals surface area (Å²) in [4.78, 5) is 1.59. The summed E-state index contributed by atoms with van der Waals surface area (Å²) < 4.78 is 40.5. The summed E-state index contributed by atoms with van der Waals surface area (Å²) in [6.07, 6.45) is -2.02. The smallest absolute Gasteiger partial charge is 0.406 e. The number of hydrogen-bond acceptors (Lipinski definition) is 3. The Labute approximate surface area is 114 Å². The van der Waals surface area contributed by atoms with Gasteiger partial charge < -0.3 is 14.7 Å². The average molecular weight is 285 g/mol. The molecule has 6 heteroatoms. The number of benzene rings is 1. The van der Waals surface area contributed by atoms with E-state index in [2.05, 4.69) is 4.74 Å². The fraction of sp³-hybridized carbons (Fsp3) is 0.286. The predicted octanol–water partition coefficient (Wildman–Crippen LogP) is 3.14. The zero-order chi connectivity index (χ0) is 14.9. The van der Waals surface area contributed by atoms with Crippen molar-refractivity contribution in [3.8, 4) is 5.75 Å². The molecule has 1 aliphatic rings. The molecular formula is C14H14F3NO2. The molecule has 2 rings (SSSR count). The van der Waals surface area contributed by atoms with Crippen molar-refractivity contribution in [3.05, 3.63) is 47.7 Å². The van der Waals surface area contributed by atoms with E-state index < -0.39 is 12.6 Å². The number of hydrogen-bond donors (Lipinski definition) is 1. The highest BCUT2D eigenvalue weighted by molar-refractivity contribution is 5.76. The van der Waals surface area contributed by atoms with Gasteiger partial charge in [-0.2, -0.15) is 0 Å². The van der Waals surface area contributed by atoms with Gasteiger partial charge in [0.15, 0.2) is 0 Å². The van der Waals surface area contributed by atoms with Crippen LogP contribution in [0.25, 0.3) is 5.57 Å². The number of nitrogens with zero attached hydrogens (tertiary/aromatic N) is 1. The summed E-state index contributed by atoms with van der Waals surface area (Å²) in [5.41, 5.74) is 2.01. The maximum Gasteiger partial charge on any atom is 0.573 e. The first-order chi connectivity index (χ1) is 9.26. The van der Waals surface area contributed by atoms with Crippen LogP contribution in [-0.4, -0.2) is 29.6 Å². The predicted molar refractivity (Wildman–Crippen MR) is 68.6 cm³/mol. The largest absolute Gasteiger partial charge is 0.573 e. The fourth-order valence-electron chi connectivity index (χ4n) is 2.00. The molecule has 1 aliphatic heterocycles. The first-order valence-corrected chi connectivity index (χ1v) is 5.92. The van der Waals surface area contributed by atoms with Gasteiger partial charge in [-0.25, -0.2) is 0 Å². The van der Waals surface area contributed by atoms with E-state index in [1.165, 1.54) is 18.2 Å². The van der Waals surface area contributed by atoms with Gasteiger partial charge in [-0.15, -0.1) is 13.2 Å². The average Bonchev–Trinajstić information content (AvgIpc) is 2.33. The summed E-state index contributed by atoms with van der Waals surface area (Å²) in [5, 5.41) is 9.76. The van der Waals surface area contributed by atoms with Crippen molar-refractivity contribution in [2.24, 2.45) is 0 Å². The van der Waals surface area contributed by atoms with Crippen molar-refractivity contribution in [2.45, 2.75) is 19.5 Å². The third-order valence-corrected chi connectivity index (χ3v) is 2.92. The number of allylic oxidation sites excluding steroid dienone is 2.